The fraction of sp³-hybridized carbons (Fsp3) is 0.625. The van der Waals surface area contributed by atoms with E-state index in [1.165, 1.54) is 0 Å². The molecule has 0 aliphatic carbocycles. The van der Waals surface area contributed by atoms with E-state index in [-0.39, 0.29) is 17.9 Å². The minimum atomic E-state index is -4.34. The molecule has 6 nitrogen and oxygen atoms in total. The molecular weight excluding hydrogens is 239 g/mol. The molecule has 0 atom stereocenters. The Morgan fingerprint density at radius 3 is 2.35 bits per heavy atom. The third kappa shape index (κ3) is 4.70. The van der Waals surface area contributed by atoms with E-state index in [0.717, 1.165) is 0 Å². The summed E-state index contributed by atoms with van der Waals surface area (Å²) in [4.78, 5) is 11.2. The number of anilines is 2. The molecule has 0 unspecified atom stereocenters. The summed E-state index contributed by atoms with van der Waals surface area (Å²) in [6, 6.07) is -0.0310. The van der Waals surface area contributed by atoms with Crippen LogP contribution in [0.4, 0.5) is 25.1 Å². The van der Waals surface area contributed by atoms with Crippen molar-refractivity contribution in [3.63, 3.8) is 0 Å². The van der Waals surface area contributed by atoms with Gasteiger partial charge in [-0.3, -0.25) is 0 Å². The Kier molecular flexibility index (Phi) is 4.30. The number of hydrogen-bond acceptors (Lipinski definition) is 6. The second-order valence-corrected chi connectivity index (χ2v) is 2.92. The summed E-state index contributed by atoms with van der Waals surface area (Å²) in [5, 5.41) is 4.65. The number of alkyl halides is 3. The predicted octanol–water partition coefficient (Wildman–Crippen LogP) is 1.29. The molecule has 0 amide bonds. The predicted molar refractivity (Wildman–Crippen MR) is 55.1 cm³/mol. The van der Waals surface area contributed by atoms with Crippen LogP contribution in [-0.4, -0.2) is 41.3 Å². The van der Waals surface area contributed by atoms with Gasteiger partial charge in [-0.15, -0.1) is 0 Å². The van der Waals surface area contributed by atoms with Gasteiger partial charge in [0.1, 0.15) is 6.54 Å². The molecule has 1 rings (SSSR count). The van der Waals surface area contributed by atoms with Gasteiger partial charge in [0.2, 0.25) is 11.9 Å². The fourth-order valence-electron chi connectivity index (χ4n) is 0.920. The van der Waals surface area contributed by atoms with Gasteiger partial charge in [-0.1, -0.05) is 0 Å². The molecule has 0 spiro atoms. The molecule has 1 heterocycles. The maximum absolute atomic E-state index is 12.0. The summed E-state index contributed by atoms with van der Waals surface area (Å²) >= 11 is 0. The van der Waals surface area contributed by atoms with Crippen LogP contribution >= 0.6 is 0 Å². The van der Waals surface area contributed by atoms with Crippen LogP contribution in [0.15, 0.2) is 0 Å². The first-order valence-electron chi connectivity index (χ1n) is 4.82. The normalized spacial score (nSPS) is 11.1. The lowest BCUT2D eigenvalue weighted by Gasteiger charge is -2.10. The third-order valence-electron chi connectivity index (χ3n) is 1.56. The lowest BCUT2D eigenvalue weighted by atomic mass is 10.6. The molecule has 0 aromatic carbocycles. The van der Waals surface area contributed by atoms with Crippen molar-refractivity contribution in [2.45, 2.75) is 13.1 Å². The van der Waals surface area contributed by atoms with Gasteiger partial charge in [-0.25, -0.2) is 0 Å². The van der Waals surface area contributed by atoms with Crippen molar-refractivity contribution < 1.29 is 17.9 Å². The van der Waals surface area contributed by atoms with Gasteiger partial charge in [-0.2, -0.15) is 28.1 Å². The van der Waals surface area contributed by atoms with Crippen LogP contribution in [0.1, 0.15) is 6.92 Å². The first-order valence-corrected chi connectivity index (χ1v) is 4.82. The number of aromatic nitrogens is 3. The lowest BCUT2D eigenvalue weighted by Crippen LogP contribution is -2.22. The molecule has 2 N–H and O–H groups in total. The Morgan fingerprint density at radius 2 is 1.82 bits per heavy atom. The van der Waals surface area contributed by atoms with Crippen LogP contribution in [0.25, 0.3) is 0 Å². The topological polar surface area (TPSA) is 72.0 Å². The van der Waals surface area contributed by atoms with Gasteiger partial charge in [0.25, 0.3) is 0 Å². The van der Waals surface area contributed by atoms with E-state index in [1.807, 2.05) is 0 Å². The van der Waals surface area contributed by atoms with Crippen LogP contribution in [0.2, 0.25) is 0 Å². The minimum Gasteiger partial charge on any atom is -0.464 e. The van der Waals surface area contributed by atoms with Crippen LogP contribution < -0.4 is 15.4 Å². The van der Waals surface area contributed by atoms with Gasteiger partial charge in [-0.05, 0) is 6.92 Å². The third-order valence-corrected chi connectivity index (χ3v) is 1.56. The number of nitrogens with zero attached hydrogens (tertiary/aromatic N) is 3. The van der Waals surface area contributed by atoms with Crippen molar-refractivity contribution in [2.75, 3.05) is 30.8 Å². The second kappa shape index (κ2) is 5.51. The van der Waals surface area contributed by atoms with E-state index in [4.69, 9.17) is 4.74 Å². The van der Waals surface area contributed by atoms with Crippen LogP contribution in [-0.2, 0) is 0 Å². The monoisotopic (exact) mass is 251 g/mol. The van der Waals surface area contributed by atoms with Crippen molar-refractivity contribution in [3.8, 4) is 6.01 Å². The SMILES string of the molecule is CCOc1nc(NC)nc(NCC(F)(F)F)n1. The fourth-order valence-corrected chi connectivity index (χ4v) is 0.920. The van der Waals surface area contributed by atoms with Crippen LogP contribution in [0.5, 0.6) is 6.01 Å². The molecule has 0 fully saturated rings. The average Bonchev–Trinajstić information content (AvgIpc) is 2.25. The minimum absolute atomic E-state index is 0.0310. The zero-order valence-electron chi connectivity index (χ0n) is 9.30. The first kappa shape index (κ1) is 13.3. The van der Waals surface area contributed by atoms with Gasteiger partial charge in [0, 0.05) is 7.05 Å². The number of nitrogens with one attached hydrogen (secondary N) is 2. The Bertz CT molecular complexity index is 371. The summed E-state index contributed by atoms with van der Waals surface area (Å²) in [5.41, 5.74) is 0. The van der Waals surface area contributed by atoms with Crippen molar-refractivity contribution in [2.24, 2.45) is 0 Å². The summed E-state index contributed by atoms with van der Waals surface area (Å²) < 4.78 is 41.0. The van der Waals surface area contributed by atoms with E-state index in [0.29, 0.717) is 6.61 Å². The maximum Gasteiger partial charge on any atom is 0.405 e. The Morgan fingerprint density at radius 1 is 1.18 bits per heavy atom. The van der Waals surface area contributed by atoms with Crippen molar-refractivity contribution in [1.29, 1.82) is 0 Å². The Hall–Kier alpha value is -1.80. The van der Waals surface area contributed by atoms with Crippen LogP contribution in [0.3, 0.4) is 0 Å². The number of ether oxygens (including phenoxy) is 1. The van der Waals surface area contributed by atoms with Gasteiger partial charge >= 0.3 is 12.2 Å². The molecule has 0 bridgehead atoms. The number of hydrogen-bond donors (Lipinski definition) is 2. The standard InChI is InChI=1S/C8H12F3N5O/c1-3-17-7-15-5(12-2)14-6(16-7)13-4-8(9,10)11/h3-4H2,1-2H3,(H2,12,13,14,15,16). The average molecular weight is 251 g/mol. The van der Waals surface area contributed by atoms with E-state index >= 15 is 0 Å². The van der Waals surface area contributed by atoms with Crippen molar-refractivity contribution in [3.05, 3.63) is 0 Å². The number of halogens is 3. The molecule has 0 radical (unpaired) electrons. The van der Waals surface area contributed by atoms with Gasteiger partial charge in [0.05, 0.1) is 6.61 Å². The molecule has 0 aliphatic heterocycles. The van der Waals surface area contributed by atoms with Gasteiger partial charge in [0.15, 0.2) is 0 Å². The molecule has 1 aromatic heterocycles. The van der Waals surface area contributed by atoms with E-state index in [2.05, 4.69) is 25.6 Å². The highest BCUT2D eigenvalue weighted by molar-refractivity contribution is 5.35. The van der Waals surface area contributed by atoms with Crippen molar-refractivity contribution >= 4 is 11.9 Å². The zero-order valence-corrected chi connectivity index (χ0v) is 9.30. The molecule has 96 valence electrons. The highest BCUT2D eigenvalue weighted by Crippen LogP contribution is 2.16. The molecule has 0 aliphatic rings. The molecule has 0 saturated heterocycles. The summed E-state index contributed by atoms with van der Waals surface area (Å²) in [6.45, 7) is 0.809. The van der Waals surface area contributed by atoms with E-state index < -0.39 is 12.7 Å². The van der Waals surface area contributed by atoms with Crippen molar-refractivity contribution in [1.82, 2.24) is 15.0 Å². The second-order valence-electron chi connectivity index (χ2n) is 2.92. The number of rotatable bonds is 5. The smallest absolute Gasteiger partial charge is 0.405 e. The highest BCUT2D eigenvalue weighted by atomic mass is 19.4. The molecular formula is C8H12F3N5O. The zero-order chi connectivity index (χ0) is 12.9. The molecule has 17 heavy (non-hydrogen) atoms. The summed E-state index contributed by atoms with van der Waals surface area (Å²) in [6.07, 6.45) is -4.34. The van der Waals surface area contributed by atoms with E-state index in [1.54, 1.807) is 14.0 Å². The Labute approximate surface area is 95.6 Å². The lowest BCUT2D eigenvalue weighted by molar-refractivity contribution is -0.115. The van der Waals surface area contributed by atoms with E-state index in [9.17, 15) is 13.2 Å². The largest absolute Gasteiger partial charge is 0.464 e. The molecule has 9 heteroatoms. The summed E-state index contributed by atoms with van der Waals surface area (Å²) in [7, 11) is 1.54. The molecule has 0 saturated carbocycles. The van der Waals surface area contributed by atoms with Gasteiger partial charge < -0.3 is 15.4 Å². The maximum atomic E-state index is 12.0. The highest BCUT2D eigenvalue weighted by Gasteiger charge is 2.27. The molecule has 1 aromatic rings. The Balaban J connectivity index is 2.79. The quantitative estimate of drug-likeness (QED) is 0.821. The first-order chi connectivity index (χ1) is 7.94. The van der Waals surface area contributed by atoms with Crippen LogP contribution in [0, 0.1) is 0 Å². The summed E-state index contributed by atoms with van der Waals surface area (Å²) in [5.74, 6) is -0.0572.